The molecule has 2 nitrogen and oxygen atoms in total. The van der Waals surface area contributed by atoms with Gasteiger partial charge < -0.3 is 9.73 Å². The van der Waals surface area contributed by atoms with Gasteiger partial charge in [0.15, 0.2) is 0 Å². The molecular weight excluding hydrogens is 265 g/mol. The van der Waals surface area contributed by atoms with Gasteiger partial charge in [-0.25, -0.2) is 4.39 Å². The second kappa shape index (κ2) is 6.22. The Kier molecular flexibility index (Phi) is 4.61. The van der Waals surface area contributed by atoms with E-state index in [1.807, 2.05) is 12.1 Å². The lowest BCUT2D eigenvalue weighted by atomic mass is 10.1. The standard InChI is InChI=1S/C15H17ClFNO/c1-3-13(18-4-2)15-8-7-14(19-15)10-5-6-11(16)12(17)9-10/h5-9,13,18H,3-4H2,1-2H3. The summed E-state index contributed by atoms with van der Waals surface area (Å²) in [7, 11) is 0. The normalized spacial score (nSPS) is 12.6. The summed E-state index contributed by atoms with van der Waals surface area (Å²) in [5, 5.41) is 3.46. The minimum Gasteiger partial charge on any atom is -0.459 e. The summed E-state index contributed by atoms with van der Waals surface area (Å²) in [5.41, 5.74) is 0.694. The van der Waals surface area contributed by atoms with Crippen LogP contribution in [-0.2, 0) is 0 Å². The first-order chi connectivity index (χ1) is 9.15. The number of benzene rings is 1. The van der Waals surface area contributed by atoms with Gasteiger partial charge in [-0.05, 0) is 43.3 Å². The zero-order valence-electron chi connectivity index (χ0n) is 11.0. The molecule has 19 heavy (non-hydrogen) atoms. The average Bonchev–Trinajstić information content (AvgIpc) is 2.88. The van der Waals surface area contributed by atoms with E-state index in [1.165, 1.54) is 12.1 Å². The number of nitrogens with one attached hydrogen (secondary N) is 1. The van der Waals surface area contributed by atoms with Crippen LogP contribution in [0.2, 0.25) is 5.02 Å². The lowest BCUT2D eigenvalue weighted by molar-refractivity contribution is 0.417. The monoisotopic (exact) mass is 281 g/mol. The number of furan rings is 1. The van der Waals surface area contributed by atoms with Gasteiger partial charge >= 0.3 is 0 Å². The highest BCUT2D eigenvalue weighted by Gasteiger charge is 2.14. The van der Waals surface area contributed by atoms with Crippen LogP contribution < -0.4 is 5.32 Å². The van der Waals surface area contributed by atoms with Crippen molar-refractivity contribution in [2.24, 2.45) is 0 Å². The van der Waals surface area contributed by atoms with Crippen molar-refractivity contribution in [3.05, 3.63) is 46.9 Å². The van der Waals surface area contributed by atoms with Crippen LogP contribution in [-0.4, -0.2) is 6.54 Å². The SMILES string of the molecule is CCNC(CC)c1ccc(-c2ccc(Cl)c(F)c2)o1. The molecule has 102 valence electrons. The van der Waals surface area contributed by atoms with E-state index in [0.29, 0.717) is 11.3 Å². The van der Waals surface area contributed by atoms with E-state index in [0.717, 1.165) is 18.7 Å². The maximum Gasteiger partial charge on any atom is 0.142 e. The summed E-state index contributed by atoms with van der Waals surface area (Å²) in [5.74, 6) is 1.09. The molecule has 1 atom stereocenters. The third kappa shape index (κ3) is 3.17. The van der Waals surface area contributed by atoms with Crippen LogP contribution in [0.3, 0.4) is 0 Å². The molecule has 0 aliphatic rings. The van der Waals surface area contributed by atoms with Crippen LogP contribution in [0.25, 0.3) is 11.3 Å². The van der Waals surface area contributed by atoms with E-state index in [2.05, 4.69) is 19.2 Å². The zero-order chi connectivity index (χ0) is 13.8. The van der Waals surface area contributed by atoms with Gasteiger partial charge in [0.1, 0.15) is 17.3 Å². The predicted molar refractivity (Wildman–Crippen MR) is 75.8 cm³/mol. The number of halogens is 2. The van der Waals surface area contributed by atoms with Crippen molar-refractivity contribution < 1.29 is 8.81 Å². The van der Waals surface area contributed by atoms with E-state index < -0.39 is 5.82 Å². The molecule has 1 N–H and O–H groups in total. The van der Waals surface area contributed by atoms with E-state index >= 15 is 0 Å². The Balaban J connectivity index is 2.27. The Morgan fingerprint density at radius 1 is 1.26 bits per heavy atom. The first kappa shape index (κ1) is 14.1. The highest BCUT2D eigenvalue weighted by molar-refractivity contribution is 6.30. The molecule has 1 unspecified atom stereocenters. The summed E-state index contributed by atoms with van der Waals surface area (Å²) in [6.45, 7) is 5.03. The first-order valence-electron chi connectivity index (χ1n) is 6.44. The fourth-order valence-electron chi connectivity index (χ4n) is 2.04. The predicted octanol–water partition coefficient (Wildman–Crippen LogP) is 4.80. The summed E-state index contributed by atoms with van der Waals surface area (Å²) in [4.78, 5) is 0. The Bertz CT molecular complexity index is 553. The molecule has 4 heteroatoms. The highest BCUT2D eigenvalue weighted by Crippen LogP contribution is 2.28. The van der Waals surface area contributed by atoms with Gasteiger partial charge in [0.05, 0.1) is 11.1 Å². The van der Waals surface area contributed by atoms with Crippen LogP contribution in [0.4, 0.5) is 4.39 Å². The minimum atomic E-state index is -0.434. The summed E-state index contributed by atoms with van der Waals surface area (Å²) in [6.07, 6.45) is 0.940. The fraction of sp³-hybridized carbons (Fsp3) is 0.333. The maximum atomic E-state index is 13.4. The molecule has 1 aromatic carbocycles. The van der Waals surface area contributed by atoms with Crippen molar-refractivity contribution in [2.75, 3.05) is 6.54 Å². The quantitative estimate of drug-likeness (QED) is 0.851. The molecule has 2 aromatic rings. The number of hydrogen-bond acceptors (Lipinski definition) is 2. The van der Waals surface area contributed by atoms with Crippen LogP contribution >= 0.6 is 11.6 Å². The molecule has 0 radical (unpaired) electrons. The second-order valence-electron chi connectivity index (χ2n) is 4.35. The third-order valence-corrected chi connectivity index (χ3v) is 3.34. The van der Waals surface area contributed by atoms with Crippen molar-refractivity contribution in [3.8, 4) is 11.3 Å². The summed E-state index contributed by atoms with van der Waals surface area (Å²) >= 11 is 5.67. The van der Waals surface area contributed by atoms with Crippen molar-refractivity contribution in [1.82, 2.24) is 5.32 Å². The molecule has 0 saturated heterocycles. The van der Waals surface area contributed by atoms with Gasteiger partial charge in [-0.15, -0.1) is 0 Å². The first-order valence-corrected chi connectivity index (χ1v) is 6.82. The molecule has 0 fully saturated rings. The Hall–Kier alpha value is -1.32. The summed E-state index contributed by atoms with van der Waals surface area (Å²) in [6, 6.07) is 8.66. The van der Waals surface area contributed by atoms with Gasteiger partial charge in [0.2, 0.25) is 0 Å². The van der Waals surface area contributed by atoms with Gasteiger partial charge in [-0.3, -0.25) is 0 Å². The molecule has 0 aliphatic heterocycles. The lowest BCUT2D eigenvalue weighted by Gasteiger charge is -2.12. The molecule has 0 spiro atoms. The smallest absolute Gasteiger partial charge is 0.142 e. The van der Waals surface area contributed by atoms with Crippen LogP contribution in [0, 0.1) is 5.82 Å². The largest absolute Gasteiger partial charge is 0.459 e. The minimum absolute atomic E-state index is 0.120. The van der Waals surface area contributed by atoms with Crippen LogP contribution in [0.15, 0.2) is 34.7 Å². The third-order valence-electron chi connectivity index (χ3n) is 3.03. The van der Waals surface area contributed by atoms with Gasteiger partial charge in [0.25, 0.3) is 0 Å². The average molecular weight is 282 g/mol. The van der Waals surface area contributed by atoms with Gasteiger partial charge in [0, 0.05) is 5.56 Å². The van der Waals surface area contributed by atoms with E-state index in [4.69, 9.17) is 16.0 Å². The molecule has 1 heterocycles. The summed E-state index contributed by atoms with van der Waals surface area (Å²) < 4.78 is 19.2. The lowest BCUT2D eigenvalue weighted by Crippen LogP contribution is -2.19. The van der Waals surface area contributed by atoms with Crippen molar-refractivity contribution in [1.29, 1.82) is 0 Å². The van der Waals surface area contributed by atoms with Gasteiger partial charge in [-0.2, -0.15) is 0 Å². The Labute approximate surface area is 117 Å². The maximum absolute atomic E-state index is 13.4. The Morgan fingerprint density at radius 3 is 2.68 bits per heavy atom. The fourth-order valence-corrected chi connectivity index (χ4v) is 2.15. The van der Waals surface area contributed by atoms with Crippen molar-refractivity contribution in [2.45, 2.75) is 26.3 Å². The van der Waals surface area contributed by atoms with Crippen LogP contribution in [0.1, 0.15) is 32.1 Å². The van der Waals surface area contributed by atoms with Gasteiger partial charge in [-0.1, -0.05) is 25.4 Å². The molecule has 1 aromatic heterocycles. The molecule has 0 aliphatic carbocycles. The molecule has 0 saturated carbocycles. The highest BCUT2D eigenvalue weighted by atomic mass is 35.5. The van der Waals surface area contributed by atoms with Crippen molar-refractivity contribution >= 4 is 11.6 Å². The van der Waals surface area contributed by atoms with E-state index in [1.54, 1.807) is 6.07 Å². The Morgan fingerprint density at radius 2 is 2.05 bits per heavy atom. The second-order valence-corrected chi connectivity index (χ2v) is 4.76. The van der Waals surface area contributed by atoms with E-state index in [-0.39, 0.29) is 11.1 Å². The molecule has 2 rings (SSSR count). The molecule has 0 amide bonds. The topological polar surface area (TPSA) is 25.2 Å². The zero-order valence-corrected chi connectivity index (χ0v) is 11.8. The van der Waals surface area contributed by atoms with Crippen LogP contribution in [0.5, 0.6) is 0 Å². The molecular formula is C15H17ClFNO. The molecule has 0 bridgehead atoms. The van der Waals surface area contributed by atoms with Crippen molar-refractivity contribution in [3.63, 3.8) is 0 Å². The number of rotatable bonds is 5. The number of hydrogen-bond donors (Lipinski definition) is 1. The van der Waals surface area contributed by atoms with E-state index in [9.17, 15) is 4.39 Å².